The maximum Gasteiger partial charge on any atom is 0.374 e. The fourth-order valence-electron chi connectivity index (χ4n) is 1.52. The number of furan rings is 1. The number of nitrogens with one attached hydrogen (secondary N) is 1. The van der Waals surface area contributed by atoms with Gasteiger partial charge in [0.15, 0.2) is 0 Å². The minimum absolute atomic E-state index is 0.224. The summed E-state index contributed by atoms with van der Waals surface area (Å²) in [6.45, 7) is 1.27. The third-order valence-corrected chi connectivity index (χ3v) is 2.46. The lowest BCUT2D eigenvalue weighted by molar-refractivity contribution is -0.118. The van der Waals surface area contributed by atoms with Gasteiger partial charge in [-0.1, -0.05) is 0 Å². The van der Waals surface area contributed by atoms with E-state index in [4.69, 9.17) is 10.2 Å². The number of rotatable bonds is 8. The molecule has 0 saturated carbocycles. The molecule has 0 radical (unpaired) electrons. The summed E-state index contributed by atoms with van der Waals surface area (Å²) in [6.07, 6.45) is 3.48. The van der Waals surface area contributed by atoms with Crippen LogP contribution >= 0.6 is 0 Å². The topological polar surface area (TPSA) is 94.6 Å². The van der Waals surface area contributed by atoms with E-state index < -0.39 is 5.97 Å². The molecule has 0 aliphatic carbocycles. The highest BCUT2D eigenvalue weighted by molar-refractivity contribution is 5.87. The van der Waals surface area contributed by atoms with Crippen molar-refractivity contribution in [1.29, 1.82) is 0 Å². The van der Waals surface area contributed by atoms with Crippen LogP contribution in [0.15, 0.2) is 16.7 Å². The van der Waals surface area contributed by atoms with Gasteiger partial charge in [-0.25, -0.2) is 4.79 Å². The molecule has 0 aromatic carbocycles. The van der Waals surface area contributed by atoms with Crippen LogP contribution in [-0.2, 0) is 16.1 Å². The maximum atomic E-state index is 11.3. The van der Waals surface area contributed by atoms with E-state index in [9.17, 15) is 9.59 Å². The molecule has 0 atom stereocenters. The Balaban J connectivity index is 2.25. The number of hydrogen-bond acceptors (Lipinski definition) is 5. The molecule has 0 saturated heterocycles. The van der Waals surface area contributed by atoms with Crippen molar-refractivity contribution in [3.8, 4) is 0 Å². The first-order valence-electron chi connectivity index (χ1n) is 5.79. The van der Waals surface area contributed by atoms with Crippen LogP contribution in [0, 0.1) is 0 Å². The minimum atomic E-state index is -0.481. The summed E-state index contributed by atoms with van der Waals surface area (Å²) in [5, 5.41) is 3.16. The Hall–Kier alpha value is -1.82. The van der Waals surface area contributed by atoms with Crippen LogP contribution in [-0.4, -0.2) is 25.5 Å². The number of amides is 1. The second-order valence-electron chi connectivity index (χ2n) is 3.87. The number of hydrogen-bond donors (Lipinski definition) is 2. The summed E-state index contributed by atoms with van der Waals surface area (Å²) < 4.78 is 9.65. The highest BCUT2D eigenvalue weighted by Gasteiger charge is 2.14. The Morgan fingerprint density at radius 2 is 2.22 bits per heavy atom. The number of primary amides is 1. The second kappa shape index (κ2) is 7.50. The fraction of sp³-hybridized carbons (Fsp3) is 0.500. The molecule has 18 heavy (non-hydrogen) atoms. The zero-order chi connectivity index (χ0) is 13.4. The predicted molar refractivity (Wildman–Crippen MR) is 64.8 cm³/mol. The highest BCUT2D eigenvalue weighted by atomic mass is 16.5. The Morgan fingerprint density at radius 1 is 1.44 bits per heavy atom. The van der Waals surface area contributed by atoms with Crippen molar-refractivity contribution >= 4 is 11.9 Å². The molecule has 0 unspecified atom stereocenters. The van der Waals surface area contributed by atoms with Gasteiger partial charge in [-0.2, -0.15) is 0 Å². The monoisotopic (exact) mass is 254 g/mol. The Morgan fingerprint density at radius 3 is 2.89 bits per heavy atom. The molecular formula is C12H18N2O4. The van der Waals surface area contributed by atoms with Crippen LogP contribution in [0.2, 0.25) is 0 Å². The standard InChI is InChI=1S/C12H18N2O4/c1-17-12(16)11-9(5-7-18-11)8-14-6-3-2-4-10(13)15/h5,7,14H,2-4,6,8H2,1H3,(H2,13,15). The number of carbonyl (C=O) groups is 2. The minimum Gasteiger partial charge on any atom is -0.463 e. The first-order valence-corrected chi connectivity index (χ1v) is 5.79. The average Bonchev–Trinajstić information content (AvgIpc) is 2.80. The zero-order valence-corrected chi connectivity index (χ0v) is 10.4. The summed E-state index contributed by atoms with van der Waals surface area (Å²) in [7, 11) is 1.31. The second-order valence-corrected chi connectivity index (χ2v) is 3.87. The predicted octanol–water partition coefficient (Wildman–Crippen LogP) is 0.811. The van der Waals surface area contributed by atoms with E-state index in [0.717, 1.165) is 24.9 Å². The molecule has 6 heteroatoms. The summed E-state index contributed by atoms with van der Waals surface area (Å²) in [4.78, 5) is 21.8. The van der Waals surface area contributed by atoms with Crippen molar-refractivity contribution < 1.29 is 18.7 Å². The largest absolute Gasteiger partial charge is 0.463 e. The molecule has 1 aromatic heterocycles. The van der Waals surface area contributed by atoms with Gasteiger partial charge in [-0.05, 0) is 25.5 Å². The first-order chi connectivity index (χ1) is 8.65. The average molecular weight is 254 g/mol. The zero-order valence-electron chi connectivity index (χ0n) is 10.4. The van der Waals surface area contributed by atoms with Gasteiger partial charge >= 0.3 is 5.97 Å². The molecule has 100 valence electrons. The summed E-state index contributed by atoms with van der Waals surface area (Å²) in [5.74, 6) is -0.537. The van der Waals surface area contributed by atoms with Gasteiger partial charge < -0.3 is 20.2 Å². The van der Waals surface area contributed by atoms with E-state index in [1.54, 1.807) is 6.07 Å². The van der Waals surface area contributed by atoms with Gasteiger partial charge in [0.2, 0.25) is 11.7 Å². The highest BCUT2D eigenvalue weighted by Crippen LogP contribution is 2.11. The van der Waals surface area contributed by atoms with Crippen LogP contribution in [0.1, 0.15) is 35.4 Å². The summed E-state index contributed by atoms with van der Waals surface area (Å²) >= 11 is 0. The number of esters is 1. The molecule has 0 aliphatic rings. The molecule has 0 bridgehead atoms. The quantitative estimate of drug-likeness (QED) is 0.529. The van der Waals surface area contributed by atoms with E-state index in [0.29, 0.717) is 13.0 Å². The van der Waals surface area contributed by atoms with Crippen molar-refractivity contribution in [1.82, 2.24) is 5.32 Å². The van der Waals surface area contributed by atoms with Gasteiger partial charge in [-0.15, -0.1) is 0 Å². The fourth-order valence-corrected chi connectivity index (χ4v) is 1.52. The molecule has 0 aliphatic heterocycles. The van der Waals surface area contributed by atoms with Gasteiger partial charge in [0.1, 0.15) is 0 Å². The normalized spacial score (nSPS) is 10.3. The summed E-state index contributed by atoms with van der Waals surface area (Å²) in [5.41, 5.74) is 5.79. The third-order valence-electron chi connectivity index (χ3n) is 2.46. The van der Waals surface area contributed by atoms with E-state index in [-0.39, 0.29) is 11.7 Å². The molecule has 1 aromatic rings. The Labute approximate surface area is 105 Å². The number of ether oxygens (including phenoxy) is 1. The molecule has 1 amide bonds. The number of nitrogens with two attached hydrogens (primary N) is 1. The number of carbonyl (C=O) groups excluding carboxylic acids is 2. The molecule has 0 fully saturated rings. The van der Waals surface area contributed by atoms with Crippen molar-refractivity contribution in [3.63, 3.8) is 0 Å². The van der Waals surface area contributed by atoms with Crippen LogP contribution < -0.4 is 11.1 Å². The van der Waals surface area contributed by atoms with Crippen LogP contribution in [0.4, 0.5) is 0 Å². The van der Waals surface area contributed by atoms with Gasteiger partial charge in [0.05, 0.1) is 13.4 Å². The molecule has 0 spiro atoms. The van der Waals surface area contributed by atoms with Crippen molar-refractivity contribution in [3.05, 3.63) is 23.7 Å². The Bertz CT molecular complexity index is 401. The van der Waals surface area contributed by atoms with E-state index in [2.05, 4.69) is 10.1 Å². The van der Waals surface area contributed by atoms with Crippen LogP contribution in [0.25, 0.3) is 0 Å². The lowest BCUT2D eigenvalue weighted by Gasteiger charge is -2.04. The molecule has 6 nitrogen and oxygen atoms in total. The first kappa shape index (κ1) is 14.2. The van der Waals surface area contributed by atoms with Gasteiger partial charge in [0, 0.05) is 18.5 Å². The molecule has 1 heterocycles. The van der Waals surface area contributed by atoms with Crippen LogP contribution in [0.3, 0.4) is 0 Å². The van der Waals surface area contributed by atoms with Crippen molar-refractivity contribution in [2.75, 3.05) is 13.7 Å². The Kier molecular flexibility index (Phi) is 5.93. The SMILES string of the molecule is COC(=O)c1occc1CNCCCCC(N)=O. The van der Waals surface area contributed by atoms with E-state index in [1.807, 2.05) is 0 Å². The van der Waals surface area contributed by atoms with E-state index in [1.165, 1.54) is 13.4 Å². The van der Waals surface area contributed by atoms with Crippen molar-refractivity contribution in [2.45, 2.75) is 25.8 Å². The summed E-state index contributed by atoms with van der Waals surface area (Å²) in [6, 6.07) is 1.72. The molecule has 3 N–H and O–H groups in total. The molecular weight excluding hydrogens is 236 g/mol. The number of methoxy groups -OCH3 is 1. The maximum absolute atomic E-state index is 11.3. The van der Waals surface area contributed by atoms with E-state index >= 15 is 0 Å². The number of unbranched alkanes of at least 4 members (excludes halogenated alkanes) is 1. The van der Waals surface area contributed by atoms with Crippen molar-refractivity contribution in [2.24, 2.45) is 5.73 Å². The molecule has 1 rings (SSSR count). The third kappa shape index (κ3) is 4.58. The van der Waals surface area contributed by atoms with Crippen LogP contribution in [0.5, 0.6) is 0 Å². The van der Waals surface area contributed by atoms with Gasteiger partial charge in [-0.3, -0.25) is 4.79 Å². The lowest BCUT2D eigenvalue weighted by atomic mass is 10.2. The lowest BCUT2D eigenvalue weighted by Crippen LogP contribution is -2.17. The van der Waals surface area contributed by atoms with Gasteiger partial charge in [0.25, 0.3) is 0 Å². The smallest absolute Gasteiger partial charge is 0.374 e.